The van der Waals surface area contributed by atoms with Crippen LogP contribution in [0.3, 0.4) is 0 Å². The van der Waals surface area contributed by atoms with E-state index in [1.54, 1.807) is 0 Å². The summed E-state index contributed by atoms with van der Waals surface area (Å²) in [6.45, 7) is -0.0625. The number of nitro benzene ring substituents is 1. The number of rotatable bonds is 2. The van der Waals surface area contributed by atoms with Gasteiger partial charge in [0.15, 0.2) is 0 Å². The highest BCUT2D eigenvalue weighted by Crippen LogP contribution is 2.16. The van der Waals surface area contributed by atoms with Crippen molar-refractivity contribution in [3.63, 3.8) is 0 Å². The fourth-order valence-corrected chi connectivity index (χ4v) is 1.07. The minimum atomic E-state index is -0.571. The van der Waals surface area contributed by atoms with Crippen molar-refractivity contribution in [1.29, 1.82) is 5.26 Å². The predicted molar refractivity (Wildman–Crippen MR) is 56.4 cm³/mol. The number of hydrogen-bond donors (Lipinski definition) is 1. The number of aliphatic hydroxyl groups excluding tert-OH is 1. The minimum Gasteiger partial charge on any atom is -0.395 e. The molecule has 0 aliphatic heterocycles. The first-order valence-electron chi connectivity index (χ1n) is 4.46. The predicted octanol–water partition coefficient (Wildman–Crippen LogP) is 1.20. The molecule has 0 aromatic heterocycles. The van der Waals surface area contributed by atoms with Crippen molar-refractivity contribution in [2.45, 2.75) is 6.42 Å². The lowest BCUT2D eigenvalue weighted by Crippen LogP contribution is -1.90. The number of nitriles is 1. The van der Waals surface area contributed by atoms with Crippen LogP contribution in [0.4, 0.5) is 5.69 Å². The van der Waals surface area contributed by atoms with Gasteiger partial charge in [-0.25, -0.2) is 0 Å². The Morgan fingerprint density at radius 3 is 2.62 bits per heavy atom. The highest BCUT2D eigenvalue weighted by Gasteiger charge is 2.08. The van der Waals surface area contributed by atoms with E-state index in [1.165, 1.54) is 18.2 Å². The molecular weight excluding hydrogens is 208 g/mol. The molecule has 16 heavy (non-hydrogen) atoms. The van der Waals surface area contributed by atoms with E-state index in [0.29, 0.717) is 12.0 Å². The first kappa shape index (κ1) is 11.7. The molecule has 1 N–H and O–H groups in total. The van der Waals surface area contributed by atoms with Crippen LogP contribution in [0, 0.1) is 33.3 Å². The Hall–Kier alpha value is -2.37. The number of nitro groups is 1. The average molecular weight is 216 g/mol. The summed E-state index contributed by atoms with van der Waals surface area (Å²) in [5.41, 5.74) is 0.439. The first-order chi connectivity index (χ1) is 7.67. The van der Waals surface area contributed by atoms with Gasteiger partial charge >= 0.3 is 0 Å². The Labute approximate surface area is 92.1 Å². The summed E-state index contributed by atoms with van der Waals surface area (Å²) in [7, 11) is 0. The molecule has 0 heterocycles. The molecule has 0 aliphatic carbocycles. The van der Waals surface area contributed by atoms with Crippen LogP contribution in [-0.2, 0) is 0 Å². The van der Waals surface area contributed by atoms with Crippen molar-refractivity contribution >= 4 is 5.69 Å². The smallest absolute Gasteiger partial charge is 0.271 e. The second kappa shape index (κ2) is 5.50. The summed E-state index contributed by atoms with van der Waals surface area (Å²) in [6, 6.07) is 5.79. The zero-order valence-electron chi connectivity index (χ0n) is 8.30. The second-order valence-electron chi connectivity index (χ2n) is 2.91. The van der Waals surface area contributed by atoms with Crippen LogP contribution in [0.25, 0.3) is 0 Å². The maximum Gasteiger partial charge on any atom is 0.271 e. The molecule has 0 bridgehead atoms. The van der Waals surface area contributed by atoms with Crippen LogP contribution in [0.2, 0.25) is 0 Å². The molecule has 1 aromatic rings. The molecule has 0 amide bonds. The maximum atomic E-state index is 10.6. The van der Waals surface area contributed by atoms with Crippen molar-refractivity contribution in [3.05, 3.63) is 39.4 Å². The summed E-state index contributed by atoms with van der Waals surface area (Å²) < 4.78 is 0. The van der Waals surface area contributed by atoms with Gasteiger partial charge in [0, 0.05) is 24.1 Å². The third-order valence-electron chi connectivity index (χ3n) is 1.73. The highest BCUT2D eigenvalue weighted by atomic mass is 16.6. The summed E-state index contributed by atoms with van der Waals surface area (Å²) >= 11 is 0. The van der Waals surface area contributed by atoms with Crippen LogP contribution in [0.1, 0.15) is 17.5 Å². The van der Waals surface area contributed by atoms with Crippen molar-refractivity contribution in [1.82, 2.24) is 0 Å². The standard InChI is InChI=1S/C11H8N2O3/c12-8-10-5-9(3-1-2-4-14)6-11(7-10)13(15)16/h5-7,14H,2,4H2. The largest absolute Gasteiger partial charge is 0.395 e. The van der Waals surface area contributed by atoms with Gasteiger partial charge < -0.3 is 5.11 Å². The molecule has 80 valence electrons. The fraction of sp³-hybridized carbons (Fsp3) is 0.182. The van der Waals surface area contributed by atoms with E-state index in [2.05, 4.69) is 11.8 Å². The molecule has 0 fully saturated rings. The molecule has 0 saturated carbocycles. The number of nitrogens with zero attached hydrogens (tertiary/aromatic N) is 2. The molecule has 1 aromatic carbocycles. The molecule has 5 heteroatoms. The molecule has 0 unspecified atom stereocenters. The van der Waals surface area contributed by atoms with E-state index in [9.17, 15) is 10.1 Å². The zero-order chi connectivity index (χ0) is 12.0. The van der Waals surface area contributed by atoms with E-state index in [0.717, 1.165) is 0 Å². The van der Waals surface area contributed by atoms with E-state index in [4.69, 9.17) is 10.4 Å². The van der Waals surface area contributed by atoms with Crippen molar-refractivity contribution in [2.24, 2.45) is 0 Å². The average Bonchev–Trinajstić information content (AvgIpc) is 2.29. The Kier molecular flexibility index (Phi) is 4.02. The number of non-ortho nitro benzene ring substituents is 1. The molecule has 0 spiro atoms. The summed E-state index contributed by atoms with van der Waals surface area (Å²) in [5, 5.41) is 27.8. The number of aliphatic hydroxyl groups is 1. The lowest BCUT2D eigenvalue weighted by molar-refractivity contribution is -0.384. The van der Waals surface area contributed by atoms with Gasteiger partial charge in [0.2, 0.25) is 0 Å². The second-order valence-corrected chi connectivity index (χ2v) is 2.91. The lowest BCUT2D eigenvalue weighted by atomic mass is 10.1. The molecule has 0 atom stereocenters. The van der Waals surface area contributed by atoms with Crippen molar-refractivity contribution < 1.29 is 10.0 Å². The quantitative estimate of drug-likeness (QED) is 0.457. The molecule has 5 nitrogen and oxygen atoms in total. The SMILES string of the molecule is N#Cc1cc(C#CCCO)cc([N+](=O)[O-])c1. The molecule has 0 saturated heterocycles. The van der Waals surface area contributed by atoms with Gasteiger partial charge in [0.05, 0.1) is 23.2 Å². The molecule has 1 rings (SSSR count). The Balaban J connectivity index is 3.12. The van der Waals surface area contributed by atoms with Crippen LogP contribution in [-0.4, -0.2) is 16.6 Å². The van der Waals surface area contributed by atoms with E-state index in [1.807, 2.05) is 6.07 Å². The maximum absolute atomic E-state index is 10.6. The third-order valence-corrected chi connectivity index (χ3v) is 1.73. The topological polar surface area (TPSA) is 87.2 Å². The molecular formula is C11H8N2O3. The van der Waals surface area contributed by atoms with E-state index < -0.39 is 4.92 Å². The van der Waals surface area contributed by atoms with Gasteiger partial charge in [0.1, 0.15) is 0 Å². The monoisotopic (exact) mass is 216 g/mol. The number of benzene rings is 1. The van der Waals surface area contributed by atoms with Gasteiger partial charge in [-0.2, -0.15) is 5.26 Å². The van der Waals surface area contributed by atoms with Gasteiger partial charge in [-0.3, -0.25) is 10.1 Å². The van der Waals surface area contributed by atoms with E-state index in [-0.39, 0.29) is 17.9 Å². The normalized spacial score (nSPS) is 8.75. The Bertz CT molecular complexity index is 506. The lowest BCUT2D eigenvalue weighted by Gasteiger charge is -1.94. The van der Waals surface area contributed by atoms with E-state index >= 15 is 0 Å². The highest BCUT2D eigenvalue weighted by molar-refractivity contribution is 5.50. The molecule has 0 radical (unpaired) electrons. The fourth-order valence-electron chi connectivity index (χ4n) is 1.07. The Morgan fingerprint density at radius 2 is 2.06 bits per heavy atom. The van der Waals surface area contributed by atoms with Crippen LogP contribution >= 0.6 is 0 Å². The Morgan fingerprint density at radius 1 is 1.38 bits per heavy atom. The zero-order valence-corrected chi connectivity index (χ0v) is 8.30. The molecule has 0 aliphatic rings. The van der Waals surface area contributed by atoms with Gasteiger partial charge in [-0.05, 0) is 6.07 Å². The van der Waals surface area contributed by atoms with Gasteiger partial charge in [-0.15, -0.1) is 0 Å². The first-order valence-corrected chi connectivity index (χ1v) is 4.46. The van der Waals surface area contributed by atoms with Crippen molar-refractivity contribution in [3.8, 4) is 17.9 Å². The van der Waals surface area contributed by atoms with Gasteiger partial charge in [-0.1, -0.05) is 11.8 Å². The van der Waals surface area contributed by atoms with Crippen LogP contribution in [0.15, 0.2) is 18.2 Å². The summed E-state index contributed by atoms with van der Waals surface area (Å²) in [5.74, 6) is 5.29. The van der Waals surface area contributed by atoms with Crippen LogP contribution in [0.5, 0.6) is 0 Å². The van der Waals surface area contributed by atoms with Gasteiger partial charge in [0.25, 0.3) is 5.69 Å². The van der Waals surface area contributed by atoms with Crippen LogP contribution < -0.4 is 0 Å². The summed E-state index contributed by atoms with van der Waals surface area (Å²) in [4.78, 5) is 9.99. The minimum absolute atomic E-state index is 0.0625. The summed E-state index contributed by atoms with van der Waals surface area (Å²) in [6.07, 6.45) is 0.296. The number of hydrogen-bond acceptors (Lipinski definition) is 4. The van der Waals surface area contributed by atoms with Crippen molar-refractivity contribution in [2.75, 3.05) is 6.61 Å². The third kappa shape index (κ3) is 3.09.